The molecule has 2 saturated heterocycles. The molecule has 2 fully saturated rings. The van der Waals surface area contributed by atoms with E-state index in [2.05, 4.69) is 28.0 Å². The molecule has 8 nitrogen and oxygen atoms in total. The number of thiocarbonyl (C=S) groups is 1. The third kappa shape index (κ3) is 5.65. The molecule has 200 valence electrons. The van der Waals surface area contributed by atoms with E-state index in [-0.39, 0.29) is 17.0 Å². The lowest BCUT2D eigenvalue weighted by Gasteiger charge is -2.39. The first-order valence-corrected chi connectivity index (χ1v) is 14.1. The number of nitrogens with zero attached hydrogens (tertiary/aromatic N) is 5. The van der Waals surface area contributed by atoms with Crippen LogP contribution in [0.4, 0.5) is 11.5 Å². The standard InChI is InChI=1S/C28H33N5O3S2/c1-4-11-32-25(31-15-13-30(14-16-31)21-9-6-5-7-10-21)22(20(2)23(19-29)26(32)34)18-24-27(35)33(28(37)38-24)12-8-17-36-3/h5-7,9-10,18H,4,8,11-17H2,1-3H3/b24-18+. The molecular weight excluding hydrogens is 518 g/mol. The highest BCUT2D eigenvalue weighted by Crippen LogP contribution is 2.36. The van der Waals surface area contributed by atoms with Crippen molar-refractivity contribution in [1.82, 2.24) is 9.47 Å². The van der Waals surface area contributed by atoms with E-state index in [1.165, 1.54) is 17.4 Å². The average molecular weight is 552 g/mol. The first-order valence-electron chi connectivity index (χ1n) is 12.9. The monoisotopic (exact) mass is 551 g/mol. The van der Waals surface area contributed by atoms with Crippen LogP contribution in [-0.2, 0) is 16.1 Å². The highest BCUT2D eigenvalue weighted by Gasteiger charge is 2.33. The van der Waals surface area contributed by atoms with E-state index in [1.807, 2.05) is 31.2 Å². The van der Waals surface area contributed by atoms with Gasteiger partial charge in [0.15, 0.2) is 0 Å². The van der Waals surface area contributed by atoms with Gasteiger partial charge in [-0.05, 0) is 43.5 Å². The van der Waals surface area contributed by atoms with Crippen molar-refractivity contribution >= 4 is 51.8 Å². The molecule has 0 aliphatic carbocycles. The molecule has 1 amide bonds. The van der Waals surface area contributed by atoms with Crippen LogP contribution in [0.25, 0.3) is 6.08 Å². The average Bonchev–Trinajstić information content (AvgIpc) is 3.20. The van der Waals surface area contributed by atoms with Crippen molar-refractivity contribution in [3.8, 4) is 6.07 Å². The number of aromatic nitrogens is 1. The van der Waals surface area contributed by atoms with Crippen LogP contribution < -0.4 is 15.4 Å². The van der Waals surface area contributed by atoms with Crippen molar-refractivity contribution in [2.75, 3.05) is 56.2 Å². The number of thioether (sulfide) groups is 1. The lowest BCUT2D eigenvalue weighted by atomic mass is 10.0. The molecule has 1 aromatic heterocycles. The number of para-hydroxylation sites is 1. The molecule has 0 spiro atoms. The molecule has 0 N–H and O–H groups in total. The molecule has 2 aliphatic heterocycles. The Labute approximate surface area is 233 Å². The molecule has 4 rings (SSSR count). The van der Waals surface area contributed by atoms with Gasteiger partial charge in [0.1, 0.15) is 21.8 Å². The number of carbonyl (C=O) groups is 1. The van der Waals surface area contributed by atoms with E-state index in [4.69, 9.17) is 17.0 Å². The first-order chi connectivity index (χ1) is 18.4. The van der Waals surface area contributed by atoms with Gasteiger partial charge in [-0.1, -0.05) is 49.1 Å². The quantitative estimate of drug-likeness (QED) is 0.263. The molecule has 2 aliphatic rings. The maximum Gasteiger partial charge on any atom is 0.270 e. The molecule has 1 aromatic carbocycles. The predicted molar refractivity (Wildman–Crippen MR) is 158 cm³/mol. The molecule has 0 bridgehead atoms. The van der Waals surface area contributed by atoms with E-state index >= 15 is 0 Å². The third-order valence-corrected chi connectivity index (χ3v) is 8.25. The number of anilines is 2. The van der Waals surface area contributed by atoms with Gasteiger partial charge >= 0.3 is 0 Å². The number of ether oxygens (including phenoxy) is 1. The van der Waals surface area contributed by atoms with Gasteiger partial charge in [0.05, 0.1) is 4.91 Å². The van der Waals surface area contributed by atoms with Crippen LogP contribution in [-0.4, -0.2) is 66.1 Å². The Balaban J connectivity index is 1.75. The number of nitriles is 1. The lowest BCUT2D eigenvalue weighted by molar-refractivity contribution is -0.122. The number of piperazine rings is 1. The van der Waals surface area contributed by atoms with Crippen molar-refractivity contribution < 1.29 is 9.53 Å². The molecule has 38 heavy (non-hydrogen) atoms. The summed E-state index contributed by atoms with van der Waals surface area (Å²) in [5.41, 5.74) is 2.34. The number of amides is 1. The number of methoxy groups -OCH3 is 1. The Kier molecular flexibility index (Phi) is 9.26. The second-order valence-electron chi connectivity index (χ2n) is 9.30. The summed E-state index contributed by atoms with van der Waals surface area (Å²) in [7, 11) is 1.63. The summed E-state index contributed by atoms with van der Waals surface area (Å²) in [6, 6.07) is 12.4. The predicted octanol–water partition coefficient (Wildman–Crippen LogP) is 4.00. The van der Waals surface area contributed by atoms with Crippen LogP contribution in [0.1, 0.15) is 36.5 Å². The normalized spacial score (nSPS) is 17.0. The highest BCUT2D eigenvalue weighted by atomic mass is 32.2. The summed E-state index contributed by atoms with van der Waals surface area (Å²) >= 11 is 6.77. The molecule has 0 radical (unpaired) electrons. The summed E-state index contributed by atoms with van der Waals surface area (Å²) in [5.74, 6) is 0.618. The number of pyridine rings is 1. The summed E-state index contributed by atoms with van der Waals surface area (Å²) in [5, 5.41) is 9.88. The van der Waals surface area contributed by atoms with Gasteiger partial charge in [-0.3, -0.25) is 19.1 Å². The minimum absolute atomic E-state index is 0.118. The molecule has 10 heteroatoms. The van der Waals surface area contributed by atoms with Crippen molar-refractivity contribution in [2.45, 2.75) is 33.2 Å². The second kappa shape index (κ2) is 12.6. The van der Waals surface area contributed by atoms with Crippen LogP contribution in [0.3, 0.4) is 0 Å². The SMILES string of the molecule is CCCn1c(N2CCN(c3ccccc3)CC2)c(/C=C2/SC(=S)N(CCCOC)C2=O)c(C)c(C#N)c1=O. The van der Waals surface area contributed by atoms with Crippen LogP contribution in [0.5, 0.6) is 0 Å². The third-order valence-electron chi connectivity index (χ3n) is 6.87. The molecule has 0 atom stereocenters. The number of hydrogen-bond acceptors (Lipinski definition) is 8. The van der Waals surface area contributed by atoms with Gasteiger partial charge in [0.2, 0.25) is 0 Å². The summed E-state index contributed by atoms with van der Waals surface area (Å²) < 4.78 is 7.35. The maximum absolute atomic E-state index is 13.4. The van der Waals surface area contributed by atoms with Crippen molar-refractivity contribution in [1.29, 1.82) is 5.26 Å². The topological polar surface area (TPSA) is 81.8 Å². The van der Waals surface area contributed by atoms with Gasteiger partial charge in [0, 0.05) is 64.2 Å². The Hall–Kier alpha value is -3.13. The molecule has 3 heterocycles. The minimum Gasteiger partial charge on any atom is -0.385 e. The Morgan fingerprint density at radius 3 is 2.42 bits per heavy atom. The van der Waals surface area contributed by atoms with Gasteiger partial charge in [-0.15, -0.1) is 0 Å². The number of rotatable bonds is 9. The number of hydrogen-bond donors (Lipinski definition) is 0. The van der Waals surface area contributed by atoms with Gasteiger partial charge < -0.3 is 14.5 Å². The molecule has 0 unspecified atom stereocenters. The number of benzene rings is 1. The Morgan fingerprint density at radius 1 is 1.11 bits per heavy atom. The first kappa shape index (κ1) is 27.9. The lowest BCUT2D eigenvalue weighted by Crippen LogP contribution is -2.48. The van der Waals surface area contributed by atoms with E-state index in [0.717, 1.165) is 30.9 Å². The fourth-order valence-corrected chi connectivity index (χ4v) is 6.21. The van der Waals surface area contributed by atoms with Gasteiger partial charge in [-0.2, -0.15) is 5.26 Å². The van der Waals surface area contributed by atoms with Crippen molar-refractivity contribution in [2.24, 2.45) is 0 Å². The zero-order chi connectivity index (χ0) is 27.2. The van der Waals surface area contributed by atoms with Crippen molar-refractivity contribution in [3.63, 3.8) is 0 Å². The van der Waals surface area contributed by atoms with Crippen LogP contribution in [0, 0.1) is 18.3 Å². The van der Waals surface area contributed by atoms with Crippen LogP contribution >= 0.6 is 24.0 Å². The minimum atomic E-state index is -0.281. The van der Waals surface area contributed by atoms with E-state index in [0.29, 0.717) is 54.0 Å². The fraction of sp³-hybridized carbons (Fsp3) is 0.429. The van der Waals surface area contributed by atoms with E-state index in [1.54, 1.807) is 23.5 Å². The van der Waals surface area contributed by atoms with Gasteiger partial charge in [0.25, 0.3) is 11.5 Å². The summed E-state index contributed by atoms with van der Waals surface area (Å²) in [6.07, 6.45) is 3.26. The largest absolute Gasteiger partial charge is 0.385 e. The Morgan fingerprint density at radius 2 is 1.79 bits per heavy atom. The van der Waals surface area contributed by atoms with Crippen LogP contribution in [0.2, 0.25) is 0 Å². The zero-order valence-corrected chi connectivity index (χ0v) is 23.7. The van der Waals surface area contributed by atoms with Crippen molar-refractivity contribution in [3.05, 3.63) is 62.3 Å². The Bertz CT molecular complexity index is 1320. The maximum atomic E-state index is 13.4. The molecule has 2 aromatic rings. The summed E-state index contributed by atoms with van der Waals surface area (Å²) in [6.45, 7) is 8.34. The second-order valence-corrected chi connectivity index (χ2v) is 11.0. The number of carbonyl (C=O) groups excluding carboxylic acids is 1. The smallest absolute Gasteiger partial charge is 0.270 e. The van der Waals surface area contributed by atoms with Crippen LogP contribution in [0.15, 0.2) is 40.0 Å². The highest BCUT2D eigenvalue weighted by molar-refractivity contribution is 8.26. The van der Waals surface area contributed by atoms with E-state index < -0.39 is 0 Å². The summed E-state index contributed by atoms with van der Waals surface area (Å²) in [4.78, 5) is 33.4. The molecular formula is C28H33N5O3S2. The van der Waals surface area contributed by atoms with Gasteiger partial charge in [-0.25, -0.2) is 0 Å². The zero-order valence-electron chi connectivity index (χ0n) is 22.1. The van der Waals surface area contributed by atoms with E-state index in [9.17, 15) is 14.9 Å². The fourth-order valence-electron chi connectivity index (χ4n) is 4.92. The molecule has 0 saturated carbocycles.